The van der Waals surface area contributed by atoms with Gasteiger partial charge in [0.2, 0.25) is 0 Å². The molecule has 0 aromatic heterocycles. The quantitative estimate of drug-likeness (QED) is 0.287. The molecule has 8 nitrogen and oxygen atoms in total. The van der Waals surface area contributed by atoms with Crippen molar-refractivity contribution in [3.05, 3.63) is 59.2 Å². The van der Waals surface area contributed by atoms with Crippen molar-refractivity contribution in [2.45, 2.75) is 51.1 Å². The molecule has 0 saturated heterocycles. The van der Waals surface area contributed by atoms with Crippen molar-refractivity contribution in [2.75, 3.05) is 52.0 Å². The van der Waals surface area contributed by atoms with Crippen molar-refractivity contribution in [1.82, 2.24) is 4.90 Å². The summed E-state index contributed by atoms with van der Waals surface area (Å²) in [6.07, 6.45) is 4.52. The van der Waals surface area contributed by atoms with Gasteiger partial charge in [-0.2, -0.15) is 0 Å². The van der Waals surface area contributed by atoms with E-state index in [1.54, 1.807) is 12.1 Å². The van der Waals surface area contributed by atoms with Crippen LogP contribution >= 0.6 is 0 Å². The minimum absolute atomic E-state index is 0.114. The van der Waals surface area contributed by atoms with E-state index in [9.17, 15) is 9.59 Å². The van der Waals surface area contributed by atoms with E-state index in [2.05, 4.69) is 6.07 Å². The van der Waals surface area contributed by atoms with Gasteiger partial charge < -0.3 is 29.6 Å². The molecule has 2 aromatic rings. The van der Waals surface area contributed by atoms with Gasteiger partial charge in [0, 0.05) is 43.3 Å². The lowest BCUT2D eigenvalue weighted by molar-refractivity contribution is -0.121. The van der Waals surface area contributed by atoms with E-state index < -0.39 is 0 Å². The maximum atomic E-state index is 13.0. The molecule has 0 spiro atoms. The second-order valence-electron chi connectivity index (χ2n) is 9.50. The molecule has 0 atom stereocenters. The molecule has 1 aliphatic heterocycles. The number of carbonyl (C=O) groups is 2. The molecule has 200 valence electrons. The summed E-state index contributed by atoms with van der Waals surface area (Å²) in [5.41, 5.74) is 9.55. The van der Waals surface area contributed by atoms with Crippen LogP contribution in [-0.2, 0) is 32.0 Å². The SMILES string of the molecule is Nc1ccc(OCCOCCOCCOCCCc2cccc3c2CN(C2CCC(=O)CC2)C3=O)cc1. The number of nitrogens with two attached hydrogens (primary N) is 1. The number of ether oxygens (including phenoxy) is 4. The number of Topliss-reactive ketones (excluding diaryl/α,β-unsaturated/α-hetero) is 1. The molecule has 37 heavy (non-hydrogen) atoms. The molecule has 0 bridgehead atoms. The smallest absolute Gasteiger partial charge is 0.254 e. The van der Waals surface area contributed by atoms with E-state index >= 15 is 0 Å². The molecular formula is C29H38N2O6. The van der Waals surface area contributed by atoms with Crippen LogP contribution in [0.1, 0.15) is 53.6 Å². The van der Waals surface area contributed by atoms with Gasteiger partial charge in [0.25, 0.3) is 5.91 Å². The Balaban J connectivity index is 1.03. The molecular weight excluding hydrogens is 472 g/mol. The Morgan fingerprint density at radius 1 is 0.811 bits per heavy atom. The molecule has 8 heteroatoms. The topological polar surface area (TPSA) is 100 Å². The predicted octanol–water partition coefficient (Wildman–Crippen LogP) is 3.80. The Hall–Kier alpha value is -2.94. The van der Waals surface area contributed by atoms with E-state index in [0.29, 0.717) is 77.1 Å². The summed E-state index contributed by atoms with van der Waals surface area (Å²) < 4.78 is 22.4. The van der Waals surface area contributed by atoms with Gasteiger partial charge in [-0.25, -0.2) is 0 Å². The molecule has 2 aromatic carbocycles. The highest BCUT2D eigenvalue weighted by Gasteiger charge is 2.35. The van der Waals surface area contributed by atoms with Crippen LogP contribution in [0.15, 0.2) is 42.5 Å². The first-order chi connectivity index (χ1) is 18.1. The monoisotopic (exact) mass is 510 g/mol. The highest BCUT2D eigenvalue weighted by molar-refractivity contribution is 5.99. The third-order valence-electron chi connectivity index (χ3n) is 6.90. The number of benzene rings is 2. The Morgan fingerprint density at radius 3 is 2.16 bits per heavy atom. The largest absolute Gasteiger partial charge is 0.491 e. The number of nitrogen functional groups attached to an aromatic ring is 1. The lowest BCUT2D eigenvalue weighted by atomic mass is 9.93. The highest BCUT2D eigenvalue weighted by Crippen LogP contribution is 2.32. The van der Waals surface area contributed by atoms with Gasteiger partial charge in [0.1, 0.15) is 18.1 Å². The van der Waals surface area contributed by atoms with Crippen molar-refractivity contribution >= 4 is 17.4 Å². The number of rotatable bonds is 15. The molecule has 0 unspecified atom stereocenters. The number of ketones is 1. The fourth-order valence-electron chi connectivity index (χ4n) is 4.87. The van der Waals surface area contributed by atoms with Crippen LogP contribution < -0.4 is 10.5 Å². The van der Waals surface area contributed by atoms with E-state index in [0.717, 1.165) is 42.6 Å². The minimum Gasteiger partial charge on any atom is -0.491 e. The van der Waals surface area contributed by atoms with E-state index in [-0.39, 0.29) is 11.9 Å². The number of amides is 1. The number of hydrogen-bond donors (Lipinski definition) is 1. The number of hydrogen-bond acceptors (Lipinski definition) is 7. The van der Waals surface area contributed by atoms with Crippen molar-refractivity contribution in [1.29, 1.82) is 0 Å². The van der Waals surface area contributed by atoms with Crippen molar-refractivity contribution in [3.8, 4) is 5.75 Å². The standard InChI is InChI=1S/C29H38N2O6/c30-23-6-12-26(13-7-23)37-20-19-36-18-17-35-16-15-34-14-2-4-22-3-1-5-27-28(22)21-31(29(27)33)24-8-10-25(32)11-9-24/h1,3,5-7,12-13,24H,2,4,8-11,14-21,30H2. The lowest BCUT2D eigenvalue weighted by Crippen LogP contribution is -2.38. The lowest BCUT2D eigenvalue weighted by Gasteiger charge is -2.30. The van der Waals surface area contributed by atoms with Gasteiger partial charge in [-0.3, -0.25) is 9.59 Å². The van der Waals surface area contributed by atoms with Gasteiger partial charge in [0.05, 0.1) is 33.0 Å². The molecule has 1 heterocycles. The Bertz CT molecular complexity index is 1020. The summed E-state index contributed by atoms with van der Waals surface area (Å²) in [6.45, 7) is 4.38. The first-order valence-electron chi connectivity index (χ1n) is 13.3. The normalized spacial score (nSPS) is 15.8. The van der Waals surface area contributed by atoms with Gasteiger partial charge in [-0.15, -0.1) is 0 Å². The van der Waals surface area contributed by atoms with Crippen LogP contribution in [0.4, 0.5) is 5.69 Å². The molecule has 1 fully saturated rings. The summed E-state index contributed by atoms with van der Waals surface area (Å²) in [5.74, 6) is 1.20. The number of carbonyl (C=O) groups excluding carboxylic acids is 2. The molecule has 4 rings (SSSR count). The third kappa shape index (κ3) is 8.02. The van der Waals surface area contributed by atoms with E-state index in [1.807, 2.05) is 29.2 Å². The average molecular weight is 511 g/mol. The first-order valence-corrected chi connectivity index (χ1v) is 13.3. The van der Waals surface area contributed by atoms with E-state index in [4.69, 9.17) is 24.7 Å². The first kappa shape index (κ1) is 27.1. The molecule has 1 aliphatic carbocycles. The minimum atomic E-state index is 0.114. The maximum Gasteiger partial charge on any atom is 0.254 e. The number of nitrogens with zero attached hydrogens (tertiary/aromatic N) is 1. The van der Waals surface area contributed by atoms with Crippen molar-refractivity contribution in [2.24, 2.45) is 0 Å². The summed E-state index contributed by atoms with van der Waals surface area (Å²) in [6, 6.07) is 13.5. The van der Waals surface area contributed by atoms with Gasteiger partial charge in [-0.1, -0.05) is 12.1 Å². The van der Waals surface area contributed by atoms with Crippen molar-refractivity contribution < 1.29 is 28.5 Å². The molecule has 0 radical (unpaired) electrons. The molecule has 2 aliphatic rings. The summed E-state index contributed by atoms with van der Waals surface area (Å²) >= 11 is 0. The van der Waals surface area contributed by atoms with E-state index in [1.165, 1.54) is 5.56 Å². The van der Waals surface area contributed by atoms with Crippen LogP contribution in [0.25, 0.3) is 0 Å². The Kier molecular flexibility index (Phi) is 10.3. The zero-order valence-electron chi connectivity index (χ0n) is 21.5. The number of aryl methyl sites for hydroxylation is 1. The van der Waals surface area contributed by atoms with Crippen molar-refractivity contribution in [3.63, 3.8) is 0 Å². The molecule has 1 amide bonds. The fourth-order valence-corrected chi connectivity index (χ4v) is 4.87. The molecule has 1 saturated carbocycles. The maximum absolute atomic E-state index is 13.0. The third-order valence-corrected chi connectivity index (χ3v) is 6.90. The van der Waals surface area contributed by atoms with Crippen LogP contribution in [0.3, 0.4) is 0 Å². The average Bonchev–Trinajstić information content (AvgIpc) is 3.25. The number of anilines is 1. The summed E-state index contributed by atoms with van der Waals surface area (Å²) in [4.78, 5) is 26.5. The highest BCUT2D eigenvalue weighted by atomic mass is 16.6. The van der Waals surface area contributed by atoms with Crippen LogP contribution in [0.2, 0.25) is 0 Å². The van der Waals surface area contributed by atoms with Gasteiger partial charge in [-0.05, 0) is 67.1 Å². The van der Waals surface area contributed by atoms with Gasteiger partial charge in [0.15, 0.2) is 0 Å². The number of fused-ring (bicyclic) bond motifs is 1. The summed E-state index contributed by atoms with van der Waals surface area (Å²) in [5, 5.41) is 0. The Morgan fingerprint density at radius 2 is 1.46 bits per heavy atom. The second-order valence-corrected chi connectivity index (χ2v) is 9.50. The Labute approximate surface area is 219 Å². The fraction of sp³-hybridized carbons (Fsp3) is 0.517. The van der Waals surface area contributed by atoms with Crippen LogP contribution in [-0.4, -0.2) is 68.9 Å². The van der Waals surface area contributed by atoms with Crippen LogP contribution in [0, 0.1) is 0 Å². The summed E-state index contributed by atoms with van der Waals surface area (Å²) in [7, 11) is 0. The zero-order valence-corrected chi connectivity index (χ0v) is 21.5. The molecule has 2 N–H and O–H groups in total. The second kappa shape index (κ2) is 14.1. The van der Waals surface area contributed by atoms with Gasteiger partial charge >= 0.3 is 0 Å². The predicted molar refractivity (Wildman–Crippen MR) is 141 cm³/mol. The van der Waals surface area contributed by atoms with Crippen LogP contribution in [0.5, 0.6) is 5.75 Å². The zero-order chi connectivity index (χ0) is 25.9.